The summed E-state index contributed by atoms with van der Waals surface area (Å²) in [6.07, 6.45) is 1.76. The Labute approximate surface area is 192 Å². The van der Waals surface area contributed by atoms with Crippen molar-refractivity contribution >= 4 is 34.4 Å². The average Bonchev–Trinajstić information content (AvgIpc) is 3.18. The van der Waals surface area contributed by atoms with Gasteiger partial charge in [-0.2, -0.15) is 0 Å². The Hall–Kier alpha value is -2.29. The molecule has 1 aromatic carbocycles. The van der Waals surface area contributed by atoms with E-state index in [0.29, 0.717) is 54.1 Å². The number of amides is 2. The number of hydrogen-bond acceptors (Lipinski definition) is 6. The van der Waals surface area contributed by atoms with Gasteiger partial charge in [0.15, 0.2) is 17.1 Å². The molecule has 174 valence electrons. The third-order valence-electron chi connectivity index (χ3n) is 6.86. The molecule has 1 N–H and O–H groups in total. The Morgan fingerprint density at radius 2 is 1.97 bits per heavy atom. The van der Waals surface area contributed by atoms with Crippen LogP contribution in [0.25, 0.3) is 11.0 Å². The molecule has 8 nitrogen and oxygen atoms in total. The second kappa shape index (κ2) is 8.24. The third-order valence-corrected chi connectivity index (χ3v) is 7.08. The highest BCUT2D eigenvalue weighted by molar-refractivity contribution is 6.31. The van der Waals surface area contributed by atoms with Crippen LogP contribution in [0.4, 0.5) is 0 Å². The normalized spacial score (nSPS) is 25.2. The van der Waals surface area contributed by atoms with Crippen molar-refractivity contribution in [2.75, 3.05) is 33.9 Å². The number of ether oxygens (including phenoxy) is 2. The highest BCUT2D eigenvalue weighted by Crippen LogP contribution is 2.40. The zero-order valence-electron chi connectivity index (χ0n) is 18.8. The molecule has 4 rings (SSSR count). The van der Waals surface area contributed by atoms with Gasteiger partial charge in [-0.1, -0.05) is 11.6 Å². The first-order valence-electron chi connectivity index (χ1n) is 10.7. The van der Waals surface area contributed by atoms with Gasteiger partial charge in [0.05, 0.1) is 25.4 Å². The first-order chi connectivity index (χ1) is 15.0. The second-order valence-corrected chi connectivity index (χ2v) is 9.54. The summed E-state index contributed by atoms with van der Waals surface area (Å²) in [7, 11) is 3.23. The molecule has 3 heterocycles. The van der Waals surface area contributed by atoms with Gasteiger partial charge in [0.25, 0.3) is 5.91 Å². The Morgan fingerprint density at radius 3 is 2.59 bits per heavy atom. The summed E-state index contributed by atoms with van der Waals surface area (Å²) >= 11 is 6.12. The summed E-state index contributed by atoms with van der Waals surface area (Å²) in [6, 6.07) is 4.72. The summed E-state index contributed by atoms with van der Waals surface area (Å²) in [4.78, 5) is 28.4. The molecular formula is C23H29ClN2O6. The van der Waals surface area contributed by atoms with Gasteiger partial charge in [0.1, 0.15) is 5.60 Å². The lowest BCUT2D eigenvalue weighted by Crippen LogP contribution is -2.64. The quantitative estimate of drug-likeness (QED) is 0.750. The van der Waals surface area contributed by atoms with Crippen LogP contribution in [0.2, 0.25) is 5.02 Å². The van der Waals surface area contributed by atoms with Crippen molar-refractivity contribution in [2.24, 2.45) is 0 Å². The molecule has 2 fully saturated rings. The number of piperidine rings is 1. The van der Waals surface area contributed by atoms with Gasteiger partial charge in [-0.05, 0) is 38.3 Å². The van der Waals surface area contributed by atoms with Gasteiger partial charge in [-0.3, -0.25) is 9.59 Å². The van der Waals surface area contributed by atoms with E-state index in [1.807, 2.05) is 0 Å². The predicted molar refractivity (Wildman–Crippen MR) is 119 cm³/mol. The van der Waals surface area contributed by atoms with Crippen molar-refractivity contribution in [3.8, 4) is 5.75 Å². The van der Waals surface area contributed by atoms with Crippen LogP contribution in [0.15, 0.2) is 22.6 Å². The zero-order valence-corrected chi connectivity index (χ0v) is 19.6. The van der Waals surface area contributed by atoms with E-state index in [0.717, 1.165) is 0 Å². The molecule has 0 saturated carbocycles. The fourth-order valence-corrected chi connectivity index (χ4v) is 4.98. The highest BCUT2D eigenvalue weighted by Gasteiger charge is 2.50. The topological polar surface area (TPSA) is 92.5 Å². The first-order valence-corrected chi connectivity index (χ1v) is 11.1. The number of methoxy groups -OCH3 is 1. The summed E-state index contributed by atoms with van der Waals surface area (Å²) in [5.74, 6) is 0.417. The Kier molecular flexibility index (Phi) is 5.90. The Morgan fingerprint density at radius 1 is 1.28 bits per heavy atom. The minimum Gasteiger partial charge on any atom is -0.493 e. The average molecular weight is 465 g/mol. The molecule has 0 bridgehead atoms. The van der Waals surface area contributed by atoms with Gasteiger partial charge in [-0.25, -0.2) is 0 Å². The molecule has 2 aromatic rings. The van der Waals surface area contributed by atoms with Gasteiger partial charge in [0.2, 0.25) is 5.91 Å². The molecule has 2 saturated heterocycles. The standard InChI is InChI=1S/C23H29ClN2O6/c1-14(27)25(3)19-12-23(31-13-22(19,2)29)5-7-26(8-6-23)21(28)18-10-15-9-16(24)11-17(30-4)20(15)32-18/h9-11,19,29H,5-8,12-13H2,1-4H3/t19-,22-/m0/s1. The number of aliphatic hydroxyl groups is 1. The fourth-order valence-electron chi connectivity index (χ4n) is 4.76. The van der Waals surface area contributed by atoms with Crippen molar-refractivity contribution in [3.05, 3.63) is 29.0 Å². The number of benzene rings is 1. The number of fused-ring (bicyclic) bond motifs is 1. The third kappa shape index (κ3) is 4.07. The largest absolute Gasteiger partial charge is 0.493 e. The number of furan rings is 1. The molecule has 0 unspecified atom stereocenters. The Balaban J connectivity index is 1.48. The molecule has 1 aromatic heterocycles. The number of carbonyl (C=O) groups excluding carboxylic acids is 2. The van der Waals surface area contributed by atoms with E-state index in [2.05, 4.69) is 0 Å². The number of rotatable bonds is 3. The molecule has 0 aliphatic carbocycles. The lowest BCUT2D eigenvalue weighted by Gasteiger charge is -2.52. The minimum atomic E-state index is -1.12. The van der Waals surface area contributed by atoms with Gasteiger partial charge in [-0.15, -0.1) is 0 Å². The van der Waals surface area contributed by atoms with E-state index < -0.39 is 11.2 Å². The van der Waals surface area contributed by atoms with Crippen LogP contribution in [0.3, 0.4) is 0 Å². The number of likely N-dealkylation sites (N-methyl/N-ethyl adjacent to an activating group) is 1. The van der Waals surface area contributed by atoms with E-state index >= 15 is 0 Å². The van der Waals surface area contributed by atoms with Gasteiger partial charge >= 0.3 is 0 Å². The number of carbonyl (C=O) groups is 2. The monoisotopic (exact) mass is 464 g/mol. The first kappa shape index (κ1) is 22.9. The molecule has 9 heteroatoms. The predicted octanol–water partition coefficient (Wildman–Crippen LogP) is 3.09. The van der Waals surface area contributed by atoms with Crippen molar-refractivity contribution in [1.29, 1.82) is 0 Å². The van der Waals surface area contributed by atoms with Crippen molar-refractivity contribution in [2.45, 2.75) is 50.4 Å². The maximum atomic E-state index is 13.1. The van der Waals surface area contributed by atoms with Crippen LogP contribution >= 0.6 is 11.6 Å². The van der Waals surface area contributed by atoms with E-state index in [-0.39, 0.29) is 30.2 Å². The maximum Gasteiger partial charge on any atom is 0.289 e. The van der Waals surface area contributed by atoms with Gasteiger partial charge < -0.3 is 28.8 Å². The molecule has 2 atom stereocenters. The Bertz CT molecular complexity index is 1040. The maximum absolute atomic E-state index is 13.1. The molecule has 2 amide bonds. The molecule has 1 spiro atoms. The van der Waals surface area contributed by atoms with Crippen LogP contribution in [0, 0.1) is 0 Å². The van der Waals surface area contributed by atoms with Crippen molar-refractivity contribution in [1.82, 2.24) is 9.80 Å². The van der Waals surface area contributed by atoms with Crippen molar-refractivity contribution in [3.63, 3.8) is 0 Å². The SMILES string of the molecule is COc1cc(Cl)cc2cc(C(=O)N3CCC4(CC3)C[C@H](N(C)C(C)=O)[C@@](C)(O)CO4)oc12. The lowest BCUT2D eigenvalue weighted by molar-refractivity contribution is -0.207. The number of nitrogens with zero attached hydrogens (tertiary/aromatic N) is 2. The molecule has 2 aliphatic rings. The van der Waals surface area contributed by atoms with Crippen molar-refractivity contribution < 1.29 is 28.6 Å². The molecule has 0 radical (unpaired) electrons. The van der Waals surface area contributed by atoms with E-state index in [1.165, 1.54) is 14.0 Å². The number of likely N-dealkylation sites (tertiary alicyclic amines) is 1. The number of hydrogen-bond donors (Lipinski definition) is 1. The number of halogens is 1. The zero-order chi connectivity index (χ0) is 23.3. The summed E-state index contributed by atoms with van der Waals surface area (Å²) in [5, 5.41) is 12.0. The van der Waals surface area contributed by atoms with Crippen LogP contribution in [-0.2, 0) is 9.53 Å². The van der Waals surface area contributed by atoms with Crippen LogP contribution < -0.4 is 4.74 Å². The lowest BCUT2D eigenvalue weighted by atomic mass is 9.77. The molecule has 2 aliphatic heterocycles. The van der Waals surface area contributed by atoms with Gasteiger partial charge in [0, 0.05) is 43.5 Å². The smallest absolute Gasteiger partial charge is 0.289 e. The van der Waals surface area contributed by atoms with E-state index in [4.69, 9.17) is 25.5 Å². The van der Waals surface area contributed by atoms with Crippen LogP contribution in [0.1, 0.15) is 43.7 Å². The van der Waals surface area contributed by atoms with E-state index in [9.17, 15) is 14.7 Å². The van der Waals surface area contributed by atoms with Crippen LogP contribution in [0.5, 0.6) is 5.75 Å². The summed E-state index contributed by atoms with van der Waals surface area (Å²) in [5.41, 5.74) is -1.10. The van der Waals surface area contributed by atoms with E-state index in [1.54, 1.807) is 42.0 Å². The fraction of sp³-hybridized carbons (Fsp3) is 0.565. The minimum absolute atomic E-state index is 0.0969. The summed E-state index contributed by atoms with van der Waals surface area (Å²) in [6.45, 7) is 4.33. The molecular weight excluding hydrogens is 436 g/mol. The van der Waals surface area contributed by atoms with Crippen LogP contribution in [-0.4, -0.2) is 77.8 Å². The molecule has 32 heavy (non-hydrogen) atoms. The summed E-state index contributed by atoms with van der Waals surface area (Å²) < 4.78 is 17.3. The highest BCUT2D eigenvalue weighted by atomic mass is 35.5. The second-order valence-electron chi connectivity index (χ2n) is 9.11.